The number of rotatable bonds is 4. The average molecular weight is 348 g/mol. The van der Waals surface area contributed by atoms with Gasteiger partial charge in [-0.2, -0.15) is 0 Å². The lowest BCUT2D eigenvalue weighted by Crippen LogP contribution is -2.35. The van der Waals surface area contributed by atoms with Crippen LogP contribution in [0.15, 0.2) is 79.0 Å². The Morgan fingerprint density at radius 2 is 1.64 bits per heavy atom. The minimum Gasteiger partial charge on any atom is -0.497 e. The second-order valence-corrected chi connectivity index (χ2v) is 6.13. The molecule has 0 saturated heterocycles. The monoisotopic (exact) mass is 348 g/mol. The molecule has 0 fully saturated rings. The largest absolute Gasteiger partial charge is 0.497 e. The predicted octanol–water partition coefficient (Wildman–Crippen LogP) is 3.80. The van der Waals surface area contributed by atoms with Crippen molar-refractivity contribution in [3.8, 4) is 11.4 Å². The normalized spacial score (nSPS) is 10.9. The van der Waals surface area contributed by atoms with E-state index < -0.39 is 0 Å². The Morgan fingerprint density at radius 3 is 2.36 bits per heavy atom. The number of hydrogen-bond acceptors (Lipinski definition) is 2. The zero-order valence-corrected chi connectivity index (χ0v) is 14.7. The Bertz CT molecular complexity index is 1070. The maximum atomic E-state index is 5.81. The SMILES string of the molecule is COc1ccc(-n2c(=S)[n+](Cc3ccccc3)c3ccccn32)cc1. The summed E-state index contributed by atoms with van der Waals surface area (Å²) in [6.45, 7) is 0.732. The van der Waals surface area contributed by atoms with Gasteiger partial charge in [0.1, 0.15) is 17.6 Å². The van der Waals surface area contributed by atoms with Gasteiger partial charge in [-0.15, -0.1) is 4.52 Å². The first kappa shape index (κ1) is 15.6. The molecule has 0 radical (unpaired) electrons. The molecule has 0 spiro atoms. The summed E-state index contributed by atoms with van der Waals surface area (Å²) in [7, 11) is 1.67. The van der Waals surface area contributed by atoms with E-state index in [2.05, 4.69) is 39.4 Å². The number of ether oxygens (including phenoxy) is 1. The van der Waals surface area contributed by atoms with Crippen LogP contribution in [0.5, 0.6) is 5.75 Å². The molecule has 0 N–H and O–H groups in total. The number of nitrogens with zero attached hydrogens (tertiary/aromatic N) is 3. The Kier molecular flexibility index (Phi) is 4.07. The lowest BCUT2D eigenvalue weighted by atomic mass is 10.2. The van der Waals surface area contributed by atoms with Crippen LogP contribution in [0, 0.1) is 4.77 Å². The second-order valence-electron chi connectivity index (χ2n) is 5.77. The van der Waals surface area contributed by atoms with Crippen molar-refractivity contribution in [3.05, 3.63) is 89.3 Å². The lowest BCUT2D eigenvalue weighted by molar-refractivity contribution is -0.670. The van der Waals surface area contributed by atoms with Gasteiger partial charge < -0.3 is 4.74 Å². The van der Waals surface area contributed by atoms with Gasteiger partial charge >= 0.3 is 4.77 Å². The van der Waals surface area contributed by atoms with Gasteiger partial charge in [-0.25, -0.2) is 4.57 Å². The molecule has 4 aromatic rings. The van der Waals surface area contributed by atoms with Crippen molar-refractivity contribution in [2.75, 3.05) is 7.11 Å². The van der Waals surface area contributed by atoms with E-state index in [4.69, 9.17) is 17.0 Å². The van der Waals surface area contributed by atoms with E-state index in [1.54, 1.807) is 7.11 Å². The summed E-state index contributed by atoms with van der Waals surface area (Å²) in [6, 6.07) is 24.4. The molecule has 0 aliphatic rings. The molecule has 0 aliphatic heterocycles. The van der Waals surface area contributed by atoms with Crippen molar-refractivity contribution >= 4 is 17.9 Å². The van der Waals surface area contributed by atoms with E-state index in [1.807, 2.05) is 53.3 Å². The molecular weight excluding hydrogens is 330 g/mol. The molecule has 4 rings (SSSR count). The first-order valence-electron chi connectivity index (χ1n) is 8.08. The van der Waals surface area contributed by atoms with Gasteiger partial charge in [0.2, 0.25) is 0 Å². The fraction of sp³-hybridized carbons (Fsp3) is 0.100. The van der Waals surface area contributed by atoms with Crippen molar-refractivity contribution in [2.24, 2.45) is 0 Å². The van der Waals surface area contributed by atoms with Crippen LogP contribution in [0.4, 0.5) is 0 Å². The molecule has 2 aromatic carbocycles. The van der Waals surface area contributed by atoms with Gasteiger partial charge in [0.15, 0.2) is 0 Å². The van der Waals surface area contributed by atoms with Gasteiger partial charge in [-0.3, -0.25) is 0 Å². The van der Waals surface area contributed by atoms with Crippen LogP contribution in [-0.4, -0.2) is 16.3 Å². The predicted molar refractivity (Wildman–Crippen MR) is 99.8 cm³/mol. The summed E-state index contributed by atoms with van der Waals surface area (Å²) >= 11 is 5.81. The zero-order valence-electron chi connectivity index (χ0n) is 13.9. The standard InChI is InChI=1S/C20H18N3OS/c1-24-18-12-10-17(11-13-18)23-20(25)21(15-16-7-3-2-4-8-16)19-9-5-6-14-22(19)23/h2-14H,15H2,1H3/q+1. The molecule has 0 aliphatic carbocycles. The summed E-state index contributed by atoms with van der Waals surface area (Å²) < 4.78 is 12.3. The second kappa shape index (κ2) is 6.53. The highest BCUT2D eigenvalue weighted by atomic mass is 32.1. The smallest absolute Gasteiger partial charge is 0.332 e. The van der Waals surface area contributed by atoms with Crippen molar-refractivity contribution in [2.45, 2.75) is 6.54 Å². The van der Waals surface area contributed by atoms with Crippen LogP contribution in [-0.2, 0) is 6.54 Å². The number of fused-ring (bicyclic) bond motifs is 1. The van der Waals surface area contributed by atoms with Gasteiger partial charge in [0.25, 0.3) is 5.65 Å². The minimum absolute atomic E-state index is 0.732. The molecular formula is C20H18N3OS+. The first-order valence-corrected chi connectivity index (χ1v) is 8.49. The molecule has 0 atom stereocenters. The minimum atomic E-state index is 0.732. The number of pyridine rings is 1. The average Bonchev–Trinajstić information content (AvgIpc) is 2.95. The first-order chi connectivity index (χ1) is 12.3. The van der Waals surface area contributed by atoms with Crippen LogP contribution in [0.25, 0.3) is 11.3 Å². The number of benzene rings is 2. The van der Waals surface area contributed by atoms with Gasteiger partial charge in [0.05, 0.1) is 13.7 Å². The Labute approximate surface area is 151 Å². The molecule has 25 heavy (non-hydrogen) atoms. The molecule has 2 aromatic heterocycles. The van der Waals surface area contributed by atoms with Crippen molar-refractivity contribution in [1.29, 1.82) is 0 Å². The molecule has 0 amide bonds. The highest BCUT2D eigenvalue weighted by Gasteiger charge is 2.20. The van der Waals surface area contributed by atoms with Crippen LogP contribution in [0.2, 0.25) is 0 Å². The van der Waals surface area contributed by atoms with E-state index in [0.717, 1.165) is 28.4 Å². The highest BCUT2D eigenvalue weighted by Crippen LogP contribution is 2.16. The summed E-state index contributed by atoms with van der Waals surface area (Å²) in [5, 5.41) is 0. The van der Waals surface area contributed by atoms with Gasteiger partial charge in [-0.1, -0.05) is 41.1 Å². The van der Waals surface area contributed by atoms with Gasteiger partial charge in [-0.05, 0) is 48.1 Å². The number of methoxy groups -OCH3 is 1. The van der Waals surface area contributed by atoms with Crippen molar-refractivity contribution in [3.63, 3.8) is 0 Å². The maximum Gasteiger partial charge on any atom is 0.332 e. The third-order valence-corrected chi connectivity index (χ3v) is 4.62. The molecule has 124 valence electrons. The third kappa shape index (κ3) is 2.83. The fourth-order valence-corrected chi connectivity index (χ4v) is 3.34. The molecule has 2 heterocycles. The molecule has 0 saturated carbocycles. The third-order valence-electron chi connectivity index (χ3n) is 4.22. The Morgan fingerprint density at radius 1 is 0.920 bits per heavy atom. The Balaban J connectivity index is 1.90. The van der Waals surface area contributed by atoms with Crippen LogP contribution in [0.1, 0.15) is 5.56 Å². The van der Waals surface area contributed by atoms with E-state index in [0.29, 0.717) is 0 Å². The lowest BCUT2D eigenvalue weighted by Gasteiger charge is -2.00. The van der Waals surface area contributed by atoms with Crippen LogP contribution >= 0.6 is 12.2 Å². The number of hydrogen-bond donors (Lipinski definition) is 0. The molecule has 0 unspecified atom stereocenters. The highest BCUT2D eigenvalue weighted by molar-refractivity contribution is 7.71. The summed E-state index contributed by atoms with van der Waals surface area (Å²) in [6.07, 6.45) is 2.02. The van der Waals surface area contributed by atoms with Crippen molar-refractivity contribution < 1.29 is 9.30 Å². The van der Waals surface area contributed by atoms with E-state index in [-0.39, 0.29) is 0 Å². The Hall–Kier alpha value is -2.92. The summed E-state index contributed by atoms with van der Waals surface area (Å²) in [5.74, 6) is 0.827. The van der Waals surface area contributed by atoms with E-state index in [9.17, 15) is 0 Å². The quantitative estimate of drug-likeness (QED) is 0.413. The van der Waals surface area contributed by atoms with Crippen LogP contribution < -0.4 is 9.30 Å². The number of aromatic nitrogens is 3. The summed E-state index contributed by atoms with van der Waals surface area (Å²) in [5.41, 5.74) is 3.27. The van der Waals surface area contributed by atoms with E-state index in [1.165, 1.54) is 5.56 Å². The maximum absolute atomic E-state index is 5.81. The topological polar surface area (TPSA) is 22.4 Å². The molecule has 5 heteroatoms. The zero-order chi connectivity index (χ0) is 17.2. The van der Waals surface area contributed by atoms with E-state index >= 15 is 0 Å². The molecule has 4 nitrogen and oxygen atoms in total. The fourth-order valence-electron chi connectivity index (χ4n) is 2.99. The summed E-state index contributed by atoms with van der Waals surface area (Å²) in [4.78, 5) is 0. The molecule has 0 bridgehead atoms. The van der Waals surface area contributed by atoms with Gasteiger partial charge in [0, 0.05) is 6.07 Å². The van der Waals surface area contributed by atoms with Crippen molar-refractivity contribution in [1.82, 2.24) is 9.20 Å². The van der Waals surface area contributed by atoms with Crippen LogP contribution in [0.3, 0.4) is 0 Å².